The van der Waals surface area contributed by atoms with Crippen LogP contribution < -0.4 is 20.8 Å². The summed E-state index contributed by atoms with van der Waals surface area (Å²) in [6.45, 7) is 6.34. The van der Waals surface area contributed by atoms with E-state index in [4.69, 9.17) is 34.2 Å². The molecular weight excluding hydrogens is 644 g/mol. The van der Waals surface area contributed by atoms with Gasteiger partial charge in [0.1, 0.15) is 28.6 Å². The quantitative estimate of drug-likeness (QED) is 0.308. The highest BCUT2D eigenvalue weighted by atomic mass is 16.6. The Hall–Kier alpha value is -5.46. The average molecular weight is 685 g/mol. The molecule has 6 rings (SSSR count). The number of rotatable bonds is 9. The van der Waals surface area contributed by atoms with E-state index in [1.54, 1.807) is 68.9 Å². The summed E-state index contributed by atoms with van der Waals surface area (Å²) in [5.74, 6) is 1.41. The molecule has 12 nitrogen and oxygen atoms in total. The Balaban J connectivity index is 0.000000195. The Bertz CT molecular complexity index is 1990. The van der Waals surface area contributed by atoms with Crippen LogP contribution in [0.5, 0.6) is 11.5 Å². The standard InChI is InChI=1S/C20H22O6.C18H18N2O4/c1-12-18(25-15-7-6-14(21)10-15)16-9-13(19(22)24-4)5-8-17(16)26-20(12,2)11-23-3;1-18(11-23-2)10-14(20-8-4-3-5-16(20)21)13-9-12(17(19)22)6-7-15(13)24-18/h5,8-10H,6-7,11H2,1-4H3;3-10H,11H2,1-2H3,(H2,19,22). The molecule has 0 radical (unpaired) electrons. The maximum Gasteiger partial charge on any atom is 0.337 e. The Kier molecular flexibility index (Phi) is 10.4. The van der Waals surface area contributed by atoms with Crippen LogP contribution in [0.3, 0.4) is 0 Å². The van der Waals surface area contributed by atoms with Crippen molar-refractivity contribution in [1.29, 1.82) is 0 Å². The molecule has 1 aliphatic carbocycles. The Labute approximate surface area is 289 Å². The van der Waals surface area contributed by atoms with Gasteiger partial charge in [0, 0.05) is 62.1 Å². The number of carbonyl (C=O) groups excluding carboxylic acids is 3. The highest BCUT2D eigenvalue weighted by Gasteiger charge is 2.39. The van der Waals surface area contributed by atoms with E-state index in [0.29, 0.717) is 77.0 Å². The first-order valence-electron chi connectivity index (χ1n) is 15.9. The van der Waals surface area contributed by atoms with Gasteiger partial charge in [0.2, 0.25) is 5.91 Å². The fourth-order valence-electron chi connectivity index (χ4n) is 5.93. The number of esters is 1. The average Bonchev–Trinajstić information content (AvgIpc) is 3.50. The molecule has 2 aliphatic heterocycles. The maximum atomic E-state index is 12.3. The minimum atomic E-state index is -0.736. The van der Waals surface area contributed by atoms with Crippen LogP contribution in [0.4, 0.5) is 0 Å². The number of primary amides is 1. The van der Waals surface area contributed by atoms with E-state index in [-0.39, 0.29) is 11.3 Å². The molecular formula is C38H40N2O10. The second-order valence-corrected chi connectivity index (χ2v) is 12.5. The van der Waals surface area contributed by atoms with Crippen molar-refractivity contribution in [3.05, 3.63) is 117 Å². The van der Waals surface area contributed by atoms with E-state index in [1.165, 1.54) is 23.8 Å². The van der Waals surface area contributed by atoms with E-state index < -0.39 is 23.1 Å². The molecule has 50 heavy (non-hydrogen) atoms. The maximum absolute atomic E-state index is 12.3. The normalized spacial score (nSPS) is 20.6. The lowest BCUT2D eigenvalue weighted by Crippen LogP contribution is -2.41. The van der Waals surface area contributed by atoms with E-state index in [9.17, 15) is 19.2 Å². The molecule has 2 N–H and O–H groups in total. The van der Waals surface area contributed by atoms with Crippen LogP contribution >= 0.6 is 0 Å². The number of hydrogen-bond donors (Lipinski definition) is 1. The molecule has 0 fully saturated rings. The topological polar surface area (TPSA) is 155 Å². The van der Waals surface area contributed by atoms with Crippen molar-refractivity contribution in [3.8, 4) is 11.5 Å². The lowest BCUT2D eigenvalue weighted by molar-refractivity contribution is -0.114. The minimum Gasteiger partial charge on any atom is -0.480 e. The van der Waals surface area contributed by atoms with Crippen LogP contribution in [0.2, 0.25) is 0 Å². The molecule has 3 aliphatic rings. The summed E-state index contributed by atoms with van der Waals surface area (Å²) in [4.78, 5) is 47.2. The van der Waals surface area contributed by atoms with Gasteiger partial charge in [-0.05, 0) is 69.3 Å². The van der Waals surface area contributed by atoms with Crippen molar-refractivity contribution in [2.45, 2.75) is 44.8 Å². The van der Waals surface area contributed by atoms with Crippen molar-refractivity contribution in [2.75, 3.05) is 34.5 Å². The molecule has 262 valence electrons. The van der Waals surface area contributed by atoms with Gasteiger partial charge in [-0.25, -0.2) is 4.79 Å². The number of benzene rings is 2. The van der Waals surface area contributed by atoms with Crippen LogP contribution in [0, 0.1) is 0 Å². The molecule has 0 spiro atoms. The van der Waals surface area contributed by atoms with Crippen molar-refractivity contribution < 1.29 is 42.8 Å². The summed E-state index contributed by atoms with van der Waals surface area (Å²) in [5, 5.41) is 0. The Morgan fingerprint density at radius 2 is 1.56 bits per heavy atom. The zero-order valence-electron chi connectivity index (χ0n) is 28.9. The zero-order valence-corrected chi connectivity index (χ0v) is 28.9. The summed E-state index contributed by atoms with van der Waals surface area (Å²) >= 11 is 0. The highest BCUT2D eigenvalue weighted by Crippen LogP contribution is 2.43. The predicted octanol–water partition coefficient (Wildman–Crippen LogP) is 4.90. The number of carbonyl (C=O) groups is 3. The summed E-state index contributed by atoms with van der Waals surface area (Å²) in [6, 6.07) is 14.9. The van der Waals surface area contributed by atoms with Crippen LogP contribution in [-0.4, -0.2) is 68.0 Å². The molecule has 0 saturated heterocycles. The van der Waals surface area contributed by atoms with Crippen molar-refractivity contribution >= 4 is 29.1 Å². The smallest absolute Gasteiger partial charge is 0.337 e. The van der Waals surface area contributed by atoms with Gasteiger partial charge in [-0.15, -0.1) is 0 Å². The lowest BCUT2D eigenvalue weighted by atomic mass is 9.90. The van der Waals surface area contributed by atoms with Crippen LogP contribution in [0.25, 0.3) is 11.5 Å². The van der Waals surface area contributed by atoms with E-state index in [2.05, 4.69) is 0 Å². The van der Waals surface area contributed by atoms with E-state index in [0.717, 1.165) is 5.57 Å². The first-order valence-corrected chi connectivity index (χ1v) is 15.9. The van der Waals surface area contributed by atoms with Crippen LogP contribution in [0.15, 0.2) is 89.1 Å². The second kappa shape index (κ2) is 14.6. The molecule has 3 aromatic rings. The molecule has 2 aromatic carbocycles. The fourth-order valence-corrected chi connectivity index (χ4v) is 5.93. The number of pyridine rings is 1. The molecule has 1 amide bonds. The third-order valence-electron chi connectivity index (χ3n) is 8.55. The molecule has 0 bridgehead atoms. The molecule has 12 heteroatoms. The van der Waals surface area contributed by atoms with Gasteiger partial charge >= 0.3 is 5.97 Å². The SMILES string of the molecule is COCC1(C)C=C(n2ccccc2=O)c2cc(C(N)=O)ccc2O1.COCC1(C)Oc2ccc(C(=O)OC)cc2C(OC2=CC(=O)CC2)=C1C. The van der Waals surface area contributed by atoms with Gasteiger partial charge in [-0.2, -0.15) is 0 Å². The van der Waals surface area contributed by atoms with E-state index >= 15 is 0 Å². The van der Waals surface area contributed by atoms with Gasteiger partial charge < -0.3 is 34.2 Å². The molecule has 1 aromatic heterocycles. The minimum absolute atomic E-state index is 0.0495. The van der Waals surface area contributed by atoms with Gasteiger partial charge in [-0.1, -0.05) is 6.07 Å². The molecule has 0 saturated carbocycles. The number of hydrogen-bond acceptors (Lipinski definition) is 10. The number of allylic oxidation sites excluding steroid dienone is 2. The first-order chi connectivity index (χ1) is 23.8. The summed E-state index contributed by atoms with van der Waals surface area (Å²) in [5.41, 5.74) is 7.23. The van der Waals surface area contributed by atoms with Crippen LogP contribution in [0.1, 0.15) is 65.5 Å². The number of ketones is 1. The van der Waals surface area contributed by atoms with Gasteiger partial charge in [0.25, 0.3) is 5.56 Å². The van der Waals surface area contributed by atoms with Gasteiger partial charge in [0.15, 0.2) is 11.4 Å². The Morgan fingerprint density at radius 1 is 0.880 bits per heavy atom. The fraction of sp³-hybridized carbons (Fsp3) is 0.316. The molecule has 2 unspecified atom stereocenters. The van der Waals surface area contributed by atoms with Gasteiger partial charge in [-0.3, -0.25) is 19.0 Å². The third kappa shape index (κ3) is 7.41. The summed E-state index contributed by atoms with van der Waals surface area (Å²) < 4.78 is 35.2. The zero-order chi connectivity index (χ0) is 36.2. The third-order valence-corrected chi connectivity index (χ3v) is 8.55. The molecule has 3 heterocycles. The van der Waals surface area contributed by atoms with Crippen LogP contribution in [-0.2, 0) is 23.7 Å². The number of fused-ring (bicyclic) bond motifs is 2. The Morgan fingerprint density at radius 3 is 2.18 bits per heavy atom. The number of nitrogens with zero attached hydrogens (tertiary/aromatic N) is 1. The predicted molar refractivity (Wildman–Crippen MR) is 185 cm³/mol. The monoisotopic (exact) mass is 684 g/mol. The van der Waals surface area contributed by atoms with Gasteiger partial charge in [0.05, 0.1) is 37.1 Å². The summed E-state index contributed by atoms with van der Waals surface area (Å²) in [6.07, 6.45) is 6.03. The number of aromatic nitrogens is 1. The number of ether oxygens (including phenoxy) is 6. The second-order valence-electron chi connectivity index (χ2n) is 12.5. The highest BCUT2D eigenvalue weighted by molar-refractivity contribution is 5.95. The number of nitrogens with two attached hydrogens (primary N) is 1. The first kappa shape index (κ1) is 35.8. The molecule has 2 atom stereocenters. The number of amides is 1. The van der Waals surface area contributed by atoms with Crippen molar-refractivity contribution in [1.82, 2.24) is 4.57 Å². The lowest BCUT2D eigenvalue weighted by Gasteiger charge is -2.37. The largest absolute Gasteiger partial charge is 0.480 e. The summed E-state index contributed by atoms with van der Waals surface area (Å²) in [7, 11) is 4.53. The van der Waals surface area contributed by atoms with E-state index in [1.807, 2.05) is 26.8 Å². The van der Waals surface area contributed by atoms with Crippen molar-refractivity contribution in [2.24, 2.45) is 5.73 Å². The van der Waals surface area contributed by atoms with Crippen molar-refractivity contribution in [3.63, 3.8) is 0 Å². The number of methoxy groups -OCH3 is 3.